The molecule has 1 amide bonds. The number of hydrogen-bond acceptors (Lipinski definition) is 6. The molecule has 1 aliphatic heterocycles. The number of anilines is 2. The summed E-state index contributed by atoms with van der Waals surface area (Å²) >= 11 is 0. The maximum atomic E-state index is 12.5. The van der Waals surface area contributed by atoms with E-state index in [1.807, 2.05) is 31.1 Å². The molecule has 3 rings (SSSR count). The Hall–Kier alpha value is -2.36. The second-order valence-corrected chi connectivity index (χ2v) is 7.90. The van der Waals surface area contributed by atoms with Crippen LogP contribution in [0.1, 0.15) is 10.6 Å². The summed E-state index contributed by atoms with van der Waals surface area (Å²) in [5.41, 5.74) is 1.59. The van der Waals surface area contributed by atoms with E-state index in [-0.39, 0.29) is 23.9 Å². The highest BCUT2D eigenvalue weighted by atomic mass is 32.2. The highest BCUT2D eigenvalue weighted by Crippen LogP contribution is 2.21. The molecular weight excluding hydrogens is 358 g/mol. The molecule has 140 valence electrons. The minimum absolute atomic E-state index is 0.0616. The molecule has 0 unspecified atom stereocenters. The van der Waals surface area contributed by atoms with Crippen molar-refractivity contribution in [3.63, 3.8) is 0 Å². The van der Waals surface area contributed by atoms with E-state index >= 15 is 0 Å². The van der Waals surface area contributed by atoms with Crippen molar-refractivity contribution in [3.05, 3.63) is 42.2 Å². The molecule has 1 aliphatic rings. The molecule has 1 fully saturated rings. The van der Waals surface area contributed by atoms with Crippen LogP contribution in [0.3, 0.4) is 0 Å². The monoisotopic (exact) mass is 379 g/mol. The third-order valence-corrected chi connectivity index (χ3v) is 5.78. The van der Waals surface area contributed by atoms with E-state index in [0.717, 1.165) is 5.69 Å². The van der Waals surface area contributed by atoms with E-state index in [9.17, 15) is 13.2 Å². The average Bonchev–Trinajstić information content (AvgIpc) is 3.14. The lowest BCUT2D eigenvalue weighted by molar-refractivity contribution is 0.0723. The summed E-state index contributed by atoms with van der Waals surface area (Å²) < 4.78 is 36.8. The van der Waals surface area contributed by atoms with Crippen molar-refractivity contribution >= 4 is 27.3 Å². The fraction of sp³-hybridized carbons (Fsp3) is 0.353. The number of hydrogen-bond donors (Lipinski definition) is 1. The Bertz CT molecular complexity index is 868. The van der Waals surface area contributed by atoms with Gasteiger partial charge in [-0.15, -0.1) is 0 Å². The van der Waals surface area contributed by atoms with Gasteiger partial charge in [-0.25, -0.2) is 8.42 Å². The first-order valence-electron chi connectivity index (χ1n) is 8.14. The van der Waals surface area contributed by atoms with Crippen LogP contribution in [0.15, 0.2) is 45.9 Å². The van der Waals surface area contributed by atoms with Gasteiger partial charge in [0, 0.05) is 38.6 Å². The van der Waals surface area contributed by atoms with Crippen LogP contribution in [0.4, 0.5) is 11.4 Å². The Morgan fingerprint density at radius 2 is 1.73 bits per heavy atom. The predicted octanol–water partition coefficient (Wildman–Crippen LogP) is 1.62. The summed E-state index contributed by atoms with van der Waals surface area (Å²) in [6, 6.07) is 9.92. The first kappa shape index (κ1) is 18.4. The molecule has 1 N–H and O–H groups in total. The molecule has 1 aromatic carbocycles. The topological polar surface area (TPSA) is 92.1 Å². The van der Waals surface area contributed by atoms with Crippen LogP contribution < -0.4 is 10.2 Å². The molecule has 26 heavy (non-hydrogen) atoms. The third kappa shape index (κ3) is 3.90. The van der Waals surface area contributed by atoms with Crippen LogP contribution in [0.25, 0.3) is 0 Å². The van der Waals surface area contributed by atoms with Gasteiger partial charge in [0.15, 0.2) is 5.76 Å². The predicted molar refractivity (Wildman–Crippen MR) is 97.0 cm³/mol. The number of rotatable bonds is 5. The SMILES string of the molecule is CN(C)c1ccc(NC(=O)c2ccc(S(=O)(=O)N3CCOCC3)o2)cc1. The summed E-state index contributed by atoms with van der Waals surface area (Å²) in [4.78, 5) is 14.3. The van der Waals surface area contributed by atoms with E-state index < -0.39 is 15.9 Å². The third-order valence-electron chi connectivity index (χ3n) is 4.01. The molecule has 9 heteroatoms. The Labute approximate surface area is 152 Å². The fourth-order valence-electron chi connectivity index (χ4n) is 2.53. The number of carbonyl (C=O) groups excluding carboxylic acids is 1. The van der Waals surface area contributed by atoms with Crippen LogP contribution in [0, 0.1) is 0 Å². The van der Waals surface area contributed by atoms with Crippen LogP contribution in [-0.4, -0.2) is 59.0 Å². The summed E-state index contributed by atoms with van der Waals surface area (Å²) in [6.45, 7) is 1.22. The number of sulfonamides is 1. The molecule has 1 aromatic heterocycles. The minimum atomic E-state index is -3.76. The van der Waals surface area contributed by atoms with Gasteiger partial charge in [-0.1, -0.05) is 0 Å². The largest absolute Gasteiger partial charge is 0.438 e. The van der Waals surface area contributed by atoms with E-state index in [0.29, 0.717) is 18.9 Å². The van der Waals surface area contributed by atoms with E-state index in [2.05, 4.69) is 5.32 Å². The number of carbonyl (C=O) groups is 1. The second-order valence-electron chi connectivity index (χ2n) is 6.03. The minimum Gasteiger partial charge on any atom is -0.438 e. The molecule has 0 atom stereocenters. The maximum absolute atomic E-state index is 12.5. The molecule has 0 bridgehead atoms. The van der Waals surface area contributed by atoms with Crippen molar-refractivity contribution < 1.29 is 22.4 Å². The van der Waals surface area contributed by atoms with Crippen LogP contribution in [0.5, 0.6) is 0 Å². The summed E-state index contributed by atoms with van der Waals surface area (Å²) in [6.07, 6.45) is 0. The van der Waals surface area contributed by atoms with Gasteiger partial charge in [-0.05, 0) is 36.4 Å². The van der Waals surface area contributed by atoms with Gasteiger partial charge in [0.05, 0.1) is 13.2 Å². The molecule has 1 saturated heterocycles. The van der Waals surface area contributed by atoms with E-state index in [1.165, 1.54) is 16.4 Å². The second kappa shape index (κ2) is 7.48. The number of morpholine rings is 1. The Morgan fingerprint density at radius 3 is 2.35 bits per heavy atom. The van der Waals surface area contributed by atoms with E-state index in [4.69, 9.17) is 9.15 Å². The van der Waals surface area contributed by atoms with Crippen molar-refractivity contribution in [1.82, 2.24) is 4.31 Å². The van der Waals surface area contributed by atoms with Crippen LogP contribution in [0.2, 0.25) is 0 Å². The highest BCUT2D eigenvalue weighted by Gasteiger charge is 2.30. The van der Waals surface area contributed by atoms with Crippen LogP contribution in [-0.2, 0) is 14.8 Å². The smallest absolute Gasteiger partial charge is 0.291 e. The Balaban J connectivity index is 1.71. The highest BCUT2D eigenvalue weighted by molar-refractivity contribution is 7.89. The molecule has 0 aliphatic carbocycles. The van der Waals surface area contributed by atoms with Gasteiger partial charge in [0.1, 0.15) is 0 Å². The normalized spacial score (nSPS) is 15.6. The Morgan fingerprint density at radius 1 is 1.08 bits per heavy atom. The molecule has 0 radical (unpaired) electrons. The average molecular weight is 379 g/mol. The lowest BCUT2D eigenvalue weighted by atomic mass is 10.2. The van der Waals surface area contributed by atoms with Crippen molar-refractivity contribution in [2.45, 2.75) is 5.09 Å². The maximum Gasteiger partial charge on any atom is 0.291 e. The first-order chi connectivity index (χ1) is 12.4. The number of ether oxygens (including phenoxy) is 1. The van der Waals surface area contributed by atoms with Gasteiger partial charge < -0.3 is 19.4 Å². The molecule has 0 spiro atoms. The summed E-state index contributed by atoms with van der Waals surface area (Å²) in [5.74, 6) is -0.570. The molecule has 0 saturated carbocycles. The van der Waals surface area contributed by atoms with Crippen molar-refractivity contribution in [1.29, 1.82) is 0 Å². The number of benzene rings is 1. The zero-order chi connectivity index (χ0) is 18.7. The molecular formula is C17H21N3O5S. The lowest BCUT2D eigenvalue weighted by Crippen LogP contribution is -2.40. The number of amides is 1. The first-order valence-corrected chi connectivity index (χ1v) is 9.58. The number of nitrogens with one attached hydrogen (secondary N) is 1. The zero-order valence-electron chi connectivity index (χ0n) is 14.6. The van der Waals surface area contributed by atoms with Gasteiger partial charge in [-0.3, -0.25) is 4.79 Å². The molecule has 2 aromatic rings. The van der Waals surface area contributed by atoms with Gasteiger partial charge in [-0.2, -0.15) is 4.31 Å². The number of nitrogens with zero attached hydrogens (tertiary/aromatic N) is 2. The van der Waals surface area contributed by atoms with Crippen molar-refractivity contribution in [3.8, 4) is 0 Å². The van der Waals surface area contributed by atoms with Crippen molar-refractivity contribution in [2.75, 3.05) is 50.6 Å². The molecule has 8 nitrogen and oxygen atoms in total. The lowest BCUT2D eigenvalue weighted by Gasteiger charge is -2.24. The van der Waals surface area contributed by atoms with Crippen LogP contribution >= 0.6 is 0 Å². The summed E-state index contributed by atoms with van der Waals surface area (Å²) in [7, 11) is 0.0854. The van der Waals surface area contributed by atoms with Gasteiger partial charge >= 0.3 is 0 Å². The quantitative estimate of drug-likeness (QED) is 0.849. The standard InChI is InChI=1S/C17H21N3O5S/c1-19(2)14-5-3-13(4-6-14)18-17(21)15-7-8-16(25-15)26(22,23)20-9-11-24-12-10-20/h3-8H,9-12H2,1-2H3,(H,18,21). The fourth-order valence-corrected chi connectivity index (χ4v) is 3.85. The number of furan rings is 1. The van der Waals surface area contributed by atoms with E-state index in [1.54, 1.807) is 12.1 Å². The van der Waals surface area contributed by atoms with Gasteiger partial charge in [0.2, 0.25) is 5.09 Å². The zero-order valence-corrected chi connectivity index (χ0v) is 15.5. The molecule has 2 heterocycles. The van der Waals surface area contributed by atoms with Gasteiger partial charge in [0.25, 0.3) is 15.9 Å². The Kier molecular flexibility index (Phi) is 5.30. The van der Waals surface area contributed by atoms with Crippen molar-refractivity contribution in [2.24, 2.45) is 0 Å². The summed E-state index contributed by atoms with van der Waals surface area (Å²) in [5, 5.41) is 2.45.